The fourth-order valence-corrected chi connectivity index (χ4v) is 3.47. The van der Waals surface area contributed by atoms with Crippen molar-refractivity contribution in [3.8, 4) is 0 Å². The van der Waals surface area contributed by atoms with Gasteiger partial charge in [0, 0.05) is 24.4 Å². The Kier molecular flexibility index (Phi) is 5.48. The van der Waals surface area contributed by atoms with Crippen LogP contribution in [0.25, 0.3) is 0 Å². The standard InChI is InChI=1S/C16H23N3O4S/c1-11-5-3-4-8-19(11)14-7-6-12(16(17)21)9-13(14)18-15(20)10-24(2,22)23/h6-7,9,11H,3-5,8,10H2,1-2H3,(H2,17,21)(H,18,20)/t11-/m0/s1. The Hall–Kier alpha value is -2.09. The number of primary amides is 1. The summed E-state index contributed by atoms with van der Waals surface area (Å²) in [6.45, 7) is 2.94. The van der Waals surface area contributed by atoms with E-state index in [9.17, 15) is 18.0 Å². The normalized spacial score (nSPS) is 18.2. The third-order valence-corrected chi connectivity index (χ3v) is 4.85. The van der Waals surface area contributed by atoms with Gasteiger partial charge in [-0.1, -0.05) is 0 Å². The molecule has 1 fully saturated rings. The molecule has 7 nitrogen and oxygen atoms in total. The second kappa shape index (κ2) is 7.21. The maximum atomic E-state index is 12.0. The largest absolute Gasteiger partial charge is 0.367 e. The molecule has 0 radical (unpaired) electrons. The van der Waals surface area contributed by atoms with Crippen LogP contribution in [0.15, 0.2) is 18.2 Å². The first-order chi connectivity index (χ1) is 11.2. The minimum absolute atomic E-state index is 0.262. The average molecular weight is 353 g/mol. The number of benzene rings is 1. The highest BCUT2D eigenvalue weighted by molar-refractivity contribution is 7.91. The highest BCUT2D eigenvalue weighted by Gasteiger charge is 2.23. The van der Waals surface area contributed by atoms with E-state index >= 15 is 0 Å². The molecule has 1 aliphatic heterocycles. The second-order valence-corrected chi connectivity index (χ2v) is 8.39. The van der Waals surface area contributed by atoms with Gasteiger partial charge >= 0.3 is 0 Å². The first kappa shape index (κ1) is 18.3. The predicted octanol–water partition coefficient (Wildman–Crippen LogP) is 1.15. The van der Waals surface area contributed by atoms with Crippen molar-refractivity contribution in [1.82, 2.24) is 0 Å². The van der Waals surface area contributed by atoms with Crippen molar-refractivity contribution >= 4 is 33.0 Å². The molecule has 1 aliphatic rings. The van der Waals surface area contributed by atoms with Crippen molar-refractivity contribution in [3.05, 3.63) is 23.8 Å². The molecule has 24 heavy (non-hydrogen) atoms. The number of rotatable bonds is 5. The molecule has 1 atom stereocenters. The maximum absolute atomic E-state index is 12.0. The van der Waals surface area contributed by atoms with Crippen LogP contribution in [0.3, 0.4) is 0 Å². The van der Waals surface area contributed by atoms with E-state index in [0.717, 1.165) is 37.8 Å². The van der Waals surface area contributed by atoms with E-state index in [-0.39, 0.29) is 5.56 Å². The van der Waals surface area contributed by atoms with Gasteiger partial charge in [-0.15, -0.1) is 0 Å². The lowest BCUT2D eigenvalue weighted by Gasteiger charge is -2.36. The molecule has 1 aromatic carbocycles. The van der Waals surface area contributed by atoms with Crippen LogP contribution in [0.4, 0.5) is 11.4 Å². The van der Waals surface area contributed by atoms with E-state index in [0.29, 0.717) is 11.7 Å². The lowest BCUT2D eigenvalue weighted by Crippen LogP contribution is -2.38. The van der Waals surface area contributed by atoms with Gasteiger partial charge < -0.3 is 16.0 Å². The topological polar surface area (TPSA) is 110 Å². The SMILES string of the molecule is C[C@H]1CCCCN1c1ccc(C(N)=O)cc1NC(=O)CS(C)(=O)=O. The fraction of sp³-hybridized carbons (Fsp3) is 0.500. The summed E-state index contributed by atoms with van der Waals surface area (Å²) in [6.07, 6.45) is 4.22. The molecular weight excluding hydrogens is 330 g/mol. The molecule has 1 saturated heterocycles. The molecule has 0 spiro atoms. The van der Waals surface area contributed by atoms with E-state index in [4.69, 9.17) is 5.73 Å². The fourth-order valence-electron chi connectivity index (χ4n) is 2.92. The number of nitrogens with zero attached hydrogens (tertiary/aromatic N) is 1. The van der Waals surface area contributed by atoms with E-state index < -0.39 is 27.4 Å². The zero-order valence-corrected chi connectivity index (χ0v) is 14.7. The summed E-state index contributed by atoms with van der Waals surface area (Å²) in [5.41, 5.74) is 6.76. The van der Waals surface area contributed by atoms with Gasteiger partial charge in [-0.25, -0.2) is 8.42 Å². The van der Waals surface area contributed by atoms with Crippen LogP contribution in [0.1, 0.15) is 36.5 Å². The monoisotopic (exact) mass is 353 g/mol. The zero-order chi connectivity index (χ0) is 17.9. The molecule has 0 aliphatic carbocycles. The third-order valence-electron chi connectivity index (χ3n) is 4.06. The third kappa shape index (κ3) is 4.70. The van der Waals surface area contributed by atoms with Crippen LogP contribution in [0, 0.1) is 0 Å². The first-order valence-electron chi connectivity index (χ1n) is 7.85. The molecule has 132 valence electrons. The Labute approximate surface area is 142 Å². The summed E-state index contributed by atoms with van der Waals surface area (Å²) in [5, 5.41) is 2.61. The van der Waals surface area contributed by atoms with Gasteiger partial charge in [-0.3, -0.25) is 9.59 Å². The summed E-state index contributed by atoms with van der Waals surface area (Å²) in [7, 11) is -3.44. The minimum atomic E-state index is -3.44. The molecule has 0 saturated carbocycles. The Morgan fingerprint density at radius 1 is 1.33 bits per heavy atom. The Balaban J connectivity index is 2.35. The van der Waals surface area contributed by atoms with Crippen molar-refractivity contribution in [2.45, 2.75) is 32.2 Å². The van der Waals surface area contributed by atoms with E-state index in [1.165, 1.54) is 6.07 Å². The van der Waals surface area contributed by atoms with Gasteiger partial charge in [-0.05, 0) is 44.4 Å². The number of anilines is 2. The molecular formula is C16H23N3O4S. The minimum Gasteiger partial charge on any atom is -0.367 e. The van der Waals surface area contributed by atoms with Crippen LogP contribution in [0.5, 0.6) is 0 Å². The number of nitrogens with two attached hydrogens (primary N) is 1. The van der Waals surface area contributed by atoms with Gasteiger partial charge in [0.05, 0.1) is 11.4 Å². The van der Waals surface area contributed by atoms with Gasteiger partial charge in [-0.2, -0.15) is 0 Å². The Morgan fingerprint density at radius 3 is 2.62 bits per heavy atom. The maximum Gasteiger partial charge on any atom is 0.248 e. The quantitative estimate of drug-likeness (QED) is 0.825. The number of carbonyl (C=O) groups excluding carboxylic acids is 2. The first-order valence-corrected chi connectivity index (χ1v) is 9.91. The van der Waals surface area contributed by atoms with Crippen LogP contribution in [0.2, 0.25) is 0 Å². The zero-order valence-electron chi connectivity index (χ0n) is 13.9. The Bertz CT molecular complexity index is 746. The van der Waals surface area contributed by atoms with Crippen molar-refractivity contribution in [1.29, 1.82) is 0 Å². The van der Waals surface area contributed by atoms with Crippen LogP contribution < -0.4 is 16.0 Å². The van der Waals surface area contributed by atoms with E-state index in [1.807, 2.05) is 0 Å². The molecule has 2 rings (SSSR count). The molecule has 3 N–H and O–H groups in total. The molecule has 1 aromatic rings. The van der Waals surface area contributed by atoms with Crippen molar-refractivity contribution in [3.63, 3.8) is 0 Å². The lowest BCUT2D eigenvalue weighted by atomic mass is 10.0. The van der Waals surface area contributed by atoms with Crippen molar-refractivity contribution < 1.29 is 18.0 Å². The number of nitrogens with one attached hydrogen (secondary N) is 1. The summed E-state index contributed by atoms with van der Waals surface area (Å²) < 4.78 is 22.6. The van der Waals surface area contributed by atoms with E-state index in [1.54, 1.807) is 12.1 Å². The van der Waals surface area contributed by atoms with Gasteiger partial charge in [0.25, 0.3) is 0 Å². The van der Waals surface area contributed by atoms with Crippen molar-refractivity contribution in [2.24, 2.45) is 5.73 Å². The molecule has 0 unspecified atom stereocenters. The summed E-state index contributed by atoms with van der Waals surface area (Å²) in [4.78, 5) is 25.6. The summed E-state index contributed by atoms with van der Waals surface area (Å²) in [5.74, 6) is -1.85. The average Bonchev–Trinajstić information content (AvgIpc) is 2.46. The summed E-state index contributed by atoms with van der Waals surface area (Å²) in [6, 6.07) is 5.16. The van der Waals surface area contributed by atoms with Crippen LogP contribution in [-0.2, 0) is 14.6 Å². The lowest BCUT2D eigenvalue weighted by molar-refractivity contribution is -0.113. The highest BCUT2D eigenvalue weighted by Crippen LogP contribution is 2.32. The number of piperidine rings is 1. The molecule has 2 amide bonds. The number of carbonyl (C=O) groups is 2. The van der Waals surface area contributed by atoms with Crippen molar-refractivity contribution in [2.75, 3.05) is 28.8 Å². The van der Waals surface area contributed by atoms with Crippen LogP contribution >= 0.6 is 0 Å². The molecule has 8 heteroatoms. The highest BCUT2D eigenvalue weighted by atomic mass is 32.2. The molecule has 0 bridgehead atoms. The molecule has 0 aromatic heterocycles. The van der Waals surface area contributed by atoms with Crippen LogP contribution in [-0.4, -0.2) is 44.8 Å². The van der Waals surface area contributed by atoms with Gasteiger partial charge in [0.15, 0.2) is 9.84 Å². The van der Waals surface area contributed by atoms with E-state index in [2.05, 4.69) is 17.1 Å². The van der Waals surface area contributed by atoms with Gasteiger partial charge in [0.2, 0.25) is 11.8 Å². The number of hydrogen-bond acceptors (Lipinski definition) is 5. The molecule has 1 heterocycles. The summed E-state index contributed by atoms with van der Waals surface area (Å²) >= 11 is 0. The predicted molar refractivity (Wildman–Crippen MR) is 94.0 cm³/mol. The second-order valence-electron chi connectivity index (χ2n) is 6.25. The number of hydrogen-bond donors (Lipinski definition) is 2. The number of sulfone groups is 1. The Morgan fingerprint density at radius 2 is 2.04 bits per heavy atom. The smallest absolute Gasteiger partial charge is 0.248 e. The number of amides is 2. The van der Waals surface area contributed by atoms with Gasteiger partial charge in [0.1, 0.15) is 5.75 Å².